The van der Waals surface area contributed by atoms with Crippen molar-refractivity contribution < 1.29 is 19.1 Å². The molecule has 0 aliphatic heterocycles. The van der Waals surface area contributed by atoms with Gasteiger partial charge in [0.05, 0.1) is 13.2 Å². The van der Waals surface area contributed by atoms with E-state index < -0.39 is 11.9 Å². The van der Waals surface area contributed by atoms with Gasteiger partial charge >= 0.3 is 11.9 Å². The summed E-state index contributed by atoms with van der Waals surface area (Å²) in [5, 5.41) is 0. The van der Waals surface area contributed by atoms with Crippen LogP contribution in [-0.2, 0) is 19.1 Å². The van der Waals surface area contributed by atoms with Crippen molar-refractivity contribution >= 4 is 11.9 Å². The van der Waals surface area contributed by atoms with Crippen LogP contribution in [-0.4, -0.2) is 25.2 Å². The zero-order chi connectivity index (χ0) is 13.5. The third-order valence-electron chi connectivity index (χ3n) is 1.84. The Morgan fingerprint density at radius 2 is 1.59 bits per heavy atom. The van der Waals surface area contributed by atoms with E-state index in [0.29, 0.717) is 25.2 Å². The van der Waals surface area contributed by atoms with Gasteiger partial charge in [-0.1, -0.05) is 20.8 Å². The second kappa shape index (κ2) is 7.09. The van der Waals surface area contributed by atoms with Crippen molar-refractivity contribution in [2.45, 2.75) is 41.0 Å². The summed E-state index contributed by atoms with van der Waals surface area (Å²) in [6.45, 7) is 10.0. The summed E-state index contributed by atoms with van der Waals surface area (Å²) in [6.07, 6.45) is 1.71. The van der Waals surface area contributed by atoms with E-state index >= 15 is 0 Å². The number of hydrogen-bond acceptors (Lipinski definition) is 4. The molecule has 0 spiro atoms. The van der Waals surface area contributed by atoms with Crippen LogP contribution in [0, 0.1) is 5.41 Å². The van der Waals surface area contributed by atoms with Gasteiger partial charge in [0.1, 0.15) is 0 Å². The van der Waals surface area contributed by atoms with Crippen LogP contribution in [0.3, 0.4) is 0 Å². The Balaban J connectivity index is 4.84. The number of carbonyl (C=O) groups is 2. The van der Waals surface area contributed by atoms with Crippen molar-refractivity contribution in [3.05, 3.63) is 11.6 Å². The van der Waals surface area contributed by atoms with E-state index in [1.54, 1.807) is 13.8 Å². The maximum absolute atomic E-state index is 11.7. The maximum atomic E-state index is 11.7. The van der Waals surface area contributed by atoms with Crippen LogP contribution in [0.15, 0.2) is 11.6 Å². The zero-order valence-corrected chi connectivity index (χ0v) is 11.3. The van der Waals surface area contributed by atoms with E-state index in [-0.39, 0.29) is 5.41 Å². The largest absolute Gasteiger partial charge is 0.463 e. The molecule has 0 saturated carbocycles. The van der Waals surface area contributed by atoms with Crippen molar-refractivity contribution in [2.75, 3.05) is 13.2 Å². The molecule has 0 aliphatic rings. The van der Waals surface area contributed by atoms with Gasteiger partial charge in [0, 0.05) is 11.6 Å². The standard InChI is InChI=1S/C13H22O4/c1-6-16-11(14)8-10(9-13(3,4)5)12(15)17-7-2/h8H,6-7,9H2,1-5H3. The highest BCUT2D eigenvalue weighted by molar-refractivity contribution is 5.96. The first kappa shape index (κ1) is 15.7. The molecule has 4 nitrogen and oxygen atoms in total. The number of esters is 2. The minimum atomic E-state index is -0.500. The quantitative estimate of drug-likeness (QED) is 0.549. The van der Waals surface area contributed by atoms with Crippen molar-refractivity contribution in [2.24, 2.45) is 5.41 Å². The van der Waals surface area contributed by atoms with Gasteiger partial charge in [-0.25, -0.2) is 9.59 Å². The summed E-state index contributed by atoms with van der Waals surface area (Å²) in [7, 11) is 0. The molecule has 0 rings (SSSR count). The van der Waals surface area contributed by atoms with Crippen molar-refractivity contribution in [1.29, 1.82) is 0 Å². The molecule has 0 aliphatic carbocycles. The van der Waals surface area contributed by atoms with Gasteiger partial charge in [0.2, 0.25) is 0 Å². The van der Waals surface area contributed by atoms with E-state index in [4.69, 9.17) is 9.47 Å². The summed E-state index contributed by atoms with van der Waals surface area (Å²) in [4.78, 5) is 23.0. The summed E-state index contributed by atoms with van der Waals surface area (Å²) < 4.78 is 9.71. The second-order valence-electron chi connectivity index (χ2n) is 4.88. The second-order valence-corrected chi connectivity index (χ2v) is 4.88. The molecule has 0 aromatic rings. The van der Waals surface area contributed by atoms with Crippen LogP contribution in [0.4, 0.5) is 0 Å². The highest BCUT2D eigenvalue weighted by Crippen LogP contribution is 2.24. The lowest BCUT2D eigenvalue weighted by Crippen LogP contribution is -2.16. The highest BCUT2D eigenvalue weighted by atomic mass is 16.5. The molecular formula is C13H22O4. The molecule has 17 heavy (non-hydrogen) atoms. The van der Waals surface area contributed by atoms with Crippen molar-refractivity contribution in [3.8, 4) is 0 Å². The molecule has 0 atom stereocenters. The van der Waals surface area contributed by atoms with Crippen LogP contribution in [0.5, 0.6) is 0 Å². The number of hydrogen-bond donors (Lipinski definition) is 0. The monoisotopic (exact) mass is 242 g/mol. The average molecular weight is 242 g/mol. The molecule has 0 saturated heterocycles. The molecule has 0 unspecified atom stereocenters. The van der Waals surface area contributed by atoms with Crippen molar-refractivity contribution in [1.82, 2.24) is 0 Å². The first-order chi connectivity index (χ1) is 7.80. The summed E-state index contributed by atoms with van der Waals surface area (Å²) in [5.74, 6) is -0.949. The fraction of sp³-hybridized carbons (Fsp3) is 0.692. The predicted octanol–water partition coefficient (Wildman–Crippen LogP) is 2.48. The fourth-order valence-electron chi connectivity index (χ4n) is 1.30. The van der Waals surface area contributed by atoms with Crippen LogP contribution >= 0.6 is 0 Å². The van der Waals surface area contributed by atoms with Gasteiger partial charge in [-0.05, 0) is 25.7 Å². The van der Waals surface area contributed by atoms with Crippen LogP contribution < -0.4 is 0 Å². The summed E-state index contributed by atoms with van der Waals surface area (Å²) >= 11 is 0. The number of rotatable bonds is 5. The third-order valence-corrected chi connectivity index (χ3v) is 1.84. The van der Waals surface area contributed by atoms with Gasteiger partial charge in [0.15, 0.2) is 0 Å². The van der Waals surface area contributed by atoms with Gasteiger partial charge in [-0.3, -0.25) is 0 Å². The fourth-order valence-corrected chi connectivity index (χ4v) is 1.30. The molecule has 0 aromatic heterocycles. The molecule has 0 radical (unpaired) electrons. The SMILES string of the molecule is CCOC(=O)C=C(CC(C)(C)C)C(=O)OCC. The normalized spacial score (nSPS) is 12.2. The van der Waals surface area contributed by atoms with E-state index in [0.717, 1.165) is 0 Å². The Morgan fingerprint density at radius 1 is 1.06 bits per heavy atom. The minimum Gasteiger partial charge on any atom is -0.463 e. The topological polar surface area (TPSA) is 52.6 Å². The first-order valence-corrected chi connectivity index (χ1v) is 5.84. The number of ether oxygens (including phenoxy) is 2. The van der Waals surface area contributed by atoms with Crippen molar-refractivity contribution in [3.63, 3.8) is 0 Å². The Hall–Kier alpha value is -1.32. The summed E-state index contributed by atoms with van der Waals surface area (Å²) in [6, 6.07) is 0. The Morgan fingerprint density at radius 3 is 2.00 bits per heavy atom. The molecule has 0 N–H and O–H groups in total. The van der Waals surface area contributed by atoms with Gasteiger partial charge in [-0.2, -0.15) is 0 Å². The van der Waals surface area contributed by atoms with E-state index in [2.05, 4.69) is 0 Å². The Labute approximate surface area is 103 Å². The van der Waals surface area contributed by atoms with Gasteiger partial charge < -0.3 is 9.47 Å². The number of carbonyl (C=O) groups excluding carboxylic acids is 2. The highest BCUT2D eigenvalue weighted by Gasteiger charge is 2.20. The van der Waals surface area contributed by atoms with Gasteiger partial charge in [0.25, 0.3) is 0 Å². The van der Waals surface area contributed by atoms with Gasteiger partial charge in [-0.15, -0.1) is 0 Å². The Kier molecular flexibility index (Phi) is 6.54. The lowest BCUT2D eigenvalue weighted by molar-refractivity contribution is -0.141. The zero-order valence-electron chi connectivity index (χ0n) is 11.3. The lowest BCUT2D eigenvalue weighted by Gasteiger charge is -2.19. The van der Waals surface area contributed by atoms with E-state index in [9.17, 15) is 9.59 Å². The molecule has 0 bridgehead atoms. The van der Waals surface area contributed by atoms with Crippen LogP contribution in [0.25, 0.3) is 0 Å². The molecule has 98 valence electrons. The molecule has 4 heteroatoms. The molecule has 0 amide bonds. The van der Waals surface area contributed by atoms with Crippen LogP contribution in [0.1, 0.15) is 41.0 Å². The predicted molar refractivity (Wildman–Crippen MR) is 65.4 cm³/mol. The smallest absolute Gasteiger partial charge is 0.334 e. The van der Waals surface area contributed by atoms with Crippen LogP contribution in [0.2, 0.25) is 0 Å². The van der Waals surface area contributed by atoms with E-state index in [1.165, 1.54) is 6.08 Å². The molecule has 0 heterocycles. The molecule has 0 aromatic carbocycles. The summed E-state index contributed by atoms with van der Waals surface area (Å²) in [5.41, 5.74) is 0.267. The maximum Gasteiger partial charge on any atom is 0.334 e. The lowest BCUT2D eigenvalue weighted by atomic mass is 9.88. The molecule has 0 fully saturated rings. The van der Waals surface area contributed by atoms with E-state index in [1.807, 2.05) is 20.8 Å². The Bertz CT molecular complexity index is 297. The molecular weight excluding hydrogens is 220 g/mol. The first-order valence-electron chi connectivity index (χ1n) is 5.84. The minimum absolute atomic E-state index is 0.0922. The average Bonchev–Trinajstić information content (AvgIpc) is 2.15. The third kappa shape index (κ3) is 7.55.